The molecule has 3 heteroatoms. The van der Waals surface area contributed by atoms with Crippen LogP contribution in [0.15, 0.2) is 24.3 Å². The molecule has 0 radical (unpaired) electrons. The van der Waals surface area contributed by atoms with Gasteiger partial charge in [0, 0.05) is 17.1 Å². The average Bonchev–Trinajstić information content (AvgIpc) is 2.34. The van der Waals surface area contributed by atoms with Gasteiger partial charge in [0.25, 0.3) is 0 Å². The number of hydrogen-bond donors (Lipinski definition) is 1. The van der Waals surface area contributed by atoms with Crippen LogP contribution in [0.3, 0.4) is 0 Å². The number of halogens is 1. The van der Waals surface area contributed by atoms with Crippen LogP contribution in [0.4, 0.5) is 0 Å². The van der Waals surface area contributed by atoms with E-state index in [0.29, 0.717) is 0 Å². The average molecular weight is 284 g/mol. The Morgan fingerprint density at radius 3 is 2.26 bits per heavy atom. The Morgan fingerprint density at radius 1 is 1.21 bits per heavy atom. The van der Waals surface area contributed by atoms with Crippen LogP contribution in [0.2, 0.25) is 5.02 Å². The minimum atomic E-state index is 0.0615. The Morgan fingerprint density at radius 2 is 1.79 bits per heavy atom. The fourth-order valence-electron chi connectivity index (χ4n) is 1.70. The van der Waals surface area contributed by atoms with Gasteiger partial charge in [-0.15, -0.1) is 0 Å². The van der Waals surface area contributed by atoms with Gasteiger partial charge in [0.2, 0.25) is 0 Å². The maximum atomic E-state index is 6.12. The topological polar surface area (TPSA) is 21.3 Å². The zero-order valence-corrected chi connectivity index (χ0v) is 13.4. The van der Waals surface area contributed by atoms with E-state index in [9.17, 15) is 0 Å². The first-order chi connectivity index (χ1) is 8.81. The predicted octanol–water partition coefficient (Wildman–Crippen LogP) is 4.58. The molecule has 1 N–H and O–H groups in total. The first-order valence-corrected chi connectivity index (χ1v) is 7.35. The molecule has 19 heavy (non-hydrogen) atoms. The van der Waals surface area contributed by atoms with E-state index in [1.165, 1.54) is 5.56 Å². The van der Waals surface area contributed by atoms with Gasteiger partial charge in [-0.1, -0.05) is 30.7 Å². The van der Waals surface area contributed by atoms with Crippen molar-refractivity contribution in [2.75, 3.05) is 6.54 Å². The molecule has 1 aromatic rings. The summed E-state index contributed by atoms with van der Waals surface area (Å²) in [5.41, 5.74) is 1.25. The molecule has 2 atom stereocenters. The second kappa shape index (κ2) is 7.28. The third kappa shape index (κ3) is 6.42. The number of hydrogen-bond acceptors (Lipinski definition) is 2. The van der Waals surface area contributed by atoms with Crippen LogP contribution >= 0.6 is 11.6 Å². The van der Waals surface area contributed by atoms with Crippen LogP contribution in [-0.4, -0.2) is 18.2 Å². The van der Waals surface area contributed by atoms with E-state index < -0.39 is 0 Å². The lowest BCUT2D eigenvalue weighted by Gasteiger charge is -2.27. The fraction of sp³-hybridized carbons (Fsp3) is 0.625. The van der Waals surface area contributed by atoms with Gasteiger partial charge in [0.15, 0.2) is 0 Å². The summed E-state index contributed by atoms with van der Waals surface area (Å²) < 4.78 is 6.12. The summed E-state index contributed by atoms with van der Waals surface area (Å²) in [6, 6.07) is 7.92. The molecular weight excluding hydrogens is 258 g/mol. The highest BCUT2D eigenvalue weighted by Crippen LogP contribution is 2.22. The number of nitrogens with one attached hydrogen (secondary N) is 1. The molecule has 0 heterocycles. The van der Waals surface area contributed by atoms with Crippen molar-refractivity contribution in [2.45, 2.75) is 58.8 Å². The third-order valence-electron chi connectivity index (χ3n) is 3.03. The van der Waals surface area contributed by atoms with Crippen molar-refractivity contribution in [2.24, 2.45) is 0 Å². The van der Waals surface area contributed by atoms with Gasteiger partial charge in [0.05, 0.1) is 12.2 Å². The van der Waals surface area contributed by atoms with Crippen molar-refractivity contribution in [1.29, 1.82) is 0 Å². The molecule has 0 amide bonds. The van der Waals surface area contributed by atoms with E-state index in [1.807, 2.05) is 24.3 Å². The smallest absolute Gasteiger partial charge is 0.0953 e. The Kier molecular flexibility index (Phi) is 6.31. The minimum absolute atomic E-state index is 0.0615. The number of rotatable bonds is 6. The molecule has 2 nitrogen and oxygen atoms in total. The van der Waals surface area contributed by atoms with Crippen LogP contribution in [0.5, 0.6) is 0 Å². The summed E-state index contributed by atoms with van der Waals surface area (Å²) in [4.78, 5) is 0. The standard InChI is InChI=1S/C16H26ClNO/c1-6-12(2)19-15(11-18-16(3,4)5)13-7-9-14(17)10-8-13/h7-10,12,15,18H,6,11H2,1-5H3. The predicted molar refractivity (Wildman–Crippen MR) is 82.8 cm³/mol. The fourth-order valence-corrected chi connectivity index (χ4v) is 1.82. The molecule has 1 aromatic carbocycles. The van der Waals surface area contributed by atoms with Crippen molar-refractivity contribution < 1.29 is 4.74 Å². The van der Waals surface area contributed by atoms with Crippen molar-refractivity contribution in [3.05, 3.63) is 34.9 Å². The summed E-state index contributed by atoms with van der Waals surface area (Å²) in [7, 11) is 0. The van der Waals surface area contributed by atoms with Gasteiger partial charge < -0.3 is 10.1 Å². The van der Waals surface area contributed by atoms with E-state index in [-0.39, 0.29) is 17.7 Å². The van der Waals surface area contributed by atoms with Gasteiger partial charge in [0.1, 0.15) is 0 Å². The second-order valence-corrected chi connectivity index (χ2v) is 6.46. The minimum Gasteiger partial charge on any atom is -0.369 e. The van der Waals surface area contributed by atoms with Crippen molar-refractivity contribution in [3.8, 4) is 0 Å². The zero-order valence-electron chi connectivity index (χ0n) is 12.7. The van der Waals surface area contributed by atoms with Crippen LogP contribution < -0.4 is 5.32 Å². The Bertz CT molecular complexity index is 369. The van der Waals surface area contributed by atoms with E-state index in [2.05, 4.69) is 39.9 Å². The molecular formula is C16H26ClNO. The lowest BCUT2D eigenvalue weighted by Crippen LogP contribution is -2.39. The van der Waals surface area contributed by atoms with Gasteiger partial charge in [-0.25, -0.2) is 0 Å². The van der Waals surface area contributed by atoms with Gasteiger partial charge in [-0.05, 0) is 51.8 Å². The molecule has 0 bridgehead atoms. The summed E-state index contributed by atoms with van der Waals surface area (Å²) in [6.45, 7) is 11.5. The highest BCUT2D eigenvalue weighted by atomic mass is 35.5. The van der Waals surface area contributed by atoms with Crippen molar-refractivity contribution in [1.82, 2.24) is 5.32 Å². The van der Waals surface area contributed by atoms with Gasteiger partial charge in [-0.2, -0.15) is 0 Å². The maximum Gasteiger partial charge on any atom is 0.0953 e. The quantitative estimate of drug-likeness (QED) is 0.825. The first-order valence-electron chi connectivity index (χ1n) is 6.97. The van der Waals surface area contributed by atoms with Crippen molar-refractivity contribution >= 4 is 11.6 Å². The molecule has 108 valence electrons. The highest BCUT2D eigenvalue weighted by molar-refractivity contribution is 6.30. The largest absolute Gasteiger partial charge is 0.369 e. The van der Waals surface area contributed by atoms with Gasteiger partial charge in [-0.3, -0.25) is 0 Å². The van der Waals surface area contributed by atoms with E-state index in [0.717, 1.165) is 18.0 Å². The Labute approximate surface area is 122 Å². The normalized spacial score (nSPS) is 15.3. The van der Waals surface area contributed by atoms with Crippen LogP contribution in [0.25, 0.3) is 0 Å². The lowest BCUT2D eigenvalue weighted by atomic mass is 10.1. The van der Waals surface area contributed by atoms with E-state index in [1.54, 1.807) is 0 Å². The molecule has 0 saturated carbocycles. The van der Waals surface area contributed by atoms with Gasteiger partial charge >= 0.3 is 0 Å². The monoisotopic (exact) mass is 283 g/mol. The van der Waals surface area contributed by atoms with Crippen LogP contribution in [-0.2, 0) is 4.74 Å². The molecule has 0 aliphatic heterocycles. The van der Waals surface area contributed by atoms with E-state index in [4.69, 9.17) is 16.3 Å². The molecule has 0 aromatic heterocycles. The molecule has 0 saturated heterocycles. The Balaban J connectivity index is 2.76. The molecule has 2 unspecified atom stereocenters. The third-order valence-corrected chi connectivity index (χ3v) is 3.28. The SMILES string of the molecule is CCC(C)OC(CNC(C)(C)C)c1ccc(Cl)cc1. The summed E-state index contributed by atoms with van der Waals surface area (Å²) in [6.07, 6.45) is 1.33. The molecule has 0 fully saturated rings. The highest BCUT2D eigenvalue weighted by Gasteiger charge is 2.18. The Hall–Kier alpha value is -0.570. The molecule has 0 aliphatic rings. The van der Waals surface area contributed by atoms with E-state index >= 15 is 0 Å². The molecule has 0 spiro atoms. The number of benzene rings is 1. The summed E-state index contributed by atoms with van der Waals surface area (Å²) >= 11 is 5.94. The lowest BCUT2D eigenvalue weighted by molar-refractivity contribution is -0.00729. The number of ether oxygens (including phenoxy) is 1. The first kappa shape index (κ1) is 16.5. The maximum absolute atomic E-state index is 6.12. The van der Waals surface area contributed by atoms with Crippen LogP contribution in [0.1, 0.15) is 52.7 Å². The van der Waals surface area contributed by atoms with Crippen LogP contribution in [0, 0.1) is 0 Å². The molecule has 1 rings (SSSR count). The summed E-state index contributed by atoms with van der Waals surface area (Å²) in [5, 5.41) is 4.27. The second-order valence-electron chi connectivity index (χ2n) is 6.03. The summed E-state index contributed by atoms with van der Waals surface area (Å²) in [5.74, 6) is 0. The zero-order chi connectivity index (χ0) is 14.5. The molecule has 0 aliphatic carbocycles. The van der Waals surface area contributed by atoms with Crippen molar-refractivity contribution in [3.63, 3.8) is 0 Å².